The maximum atomic E-state index is 12.9. The molecule has 1 fully saturated rings. The van der Waals surface area contributed by atoms with Gasteiger partial charge in [-0.2, -0.15) is 0 Å². The van der Waals surface area contributed by atoms with E-state index >= 15 is 0 Å². The van der Waals surface area contributed by atoms with E-state index in [4.69, 9.17) is 9.47 Å². The van der Waals surface area contributed by atoms with Crippen LogP contribution in [0.1, 0.15) is 31.4 Å². The highest BCUT2D eigenvalue weighted by Crippen LogP contribution is 2.24. The number of benzene rings is 2. The van der Waals surface area contributed by atoms with Crippen LogP contribution in [-0.4, -0.2) is 24.0 Å². The first kappa shape index (κ1) is 17.9. The predicted molar refractivity (Wildman–Crippen MR) is 92.9 cm³/mol. The lowest BCUT2D eigenvalue weighted by Crippen LogP contribution is -2.36. The molecule has 6 heteroatoms. The molecule has 1 amide bonds. The molecule has 1 aliphatic rings. The first-order valence-corrected chi connectivity index (χ1v) is 8.51. The summed E-state index contributed by atoms with van der Waals surface area (Å²) in [6.07, 6.45) is -0.111. The van der Waals surface area contributed by atoms with E-state index in [0.717, 1.165) is 12.8 Å². The molecule has 0 heterocycles. The van der Waals surface area contributed by atoms with Crippen LogP contribution in [0.5, 0.6) is 5.75 Å². The highest BCUT2D eigenvalue weighted by molar-refractivity contribution is 5.86. The Morgan fingerprint density at radius 3 is 2.35 bits per heavy atom. The molecule has 0 spiro atoms. The van der Waals surface area contributed by atoms with Crippen molar-refractivity contribution in [2.45, 2.75) is 38.0 Å². The average molecular weight is 357 g/mol. The zero-order valence-electron chi connectivity index (χ0n) is 14.4. The van der Waals surface area contributed by atoms with E-state index in [0.29, 0.717) is 11.3 Å². The number of hydrogen-bond donors (Lipinski definition) is 1. The van der Waals surface area contributed by atoms with Crippen molar-refractivity contribution in [2.24, 2.45) is 0 Å². The molecule has 1 aliphatic carbocycles. The van der Waals surface area contributed by atoms with E-state index in [1.54, 1.807) is 24.3 Å². The number of carbonyl (C=O) groups is 2. The molecule has 5 nitrogen and oxygen atoms in total. The maximum Gasteiger partial charge on any atom is 0.348 e. The standard InChI is InChI=1S/C20H20FNO4/c1-13(25-17-11-7-15(21)8-12-17)20(24)26-18(14-5-3-2-4-6-14)19(23)22-16-9-10-16/h2-8,11-13,16,18H,9-10H2,1H3,(H,22,23)/t13-,18-/m1/s1. The molecule has 3 rings (SSSR count). The van der Waals surface area contributed by atoms with E-state index in [1.165, 1.54) is 31.2 Å². The summed E-state index contributed by atoms with van der Waals surface area (Å²) < 4.78 is 23.9. The Morgan fingerprint density at radius 1 is 1.08 bits per heavy atom. The molecule has 26 heavy (non-hydrogen) atoms. The van der Waals surface area contributed by atoms with Gasteiger partial charge < -0.3 is 14.8 Å². The van der Waals surface area contributed by atoms with Crippen LogP contribution in [-0.2, 0) is 14.3 Å². The molecule has 0 bridgehead atoms. The first-order chi connectivity index (χ1) is 12.5. The molecule has 0 unspecified atom stereocenters. The van der Waals surface area contributed by atoms with Crippen LogP contribution in [0.15, 0.2) is 54.6 Å². The summed E-state index contributed by atoms with van der Waals surface area (Å²) in [7, 11) is 0. The lowest BCUT2D eigenvalue weighted by molar-refractivity contribution is -0.162. The van der Waals surface area contributed by atoms with Gasteiger partial charge in [-0.25, -0.2) is 9.18 Å². The number of carbonyl (C=O) groups excluding carboxylic acids is 2. The number of esters is 1. The summed E-state index contributed by atoms with van der Waals surface area (Å²) in [6.45, 7) is 1.52. The second kappa shape index (κ2) is 7.99. The smallest absolute Gasteiger partial charge is 0.348 e. The lowest BCUT2D eigenvalue weighted by atomic mass is 10.1. The van der Waals surface area contributed by atoms with Crippen molar-refractivity contribution in [1.82, 2.24) is 5.32 Å². The molecular weight excluding hydrogens is 337 g/mol. The summed E-state index contributed by atoms with van der Waals surface area (Å²) in [5.41, 5.74) is 0.591. The Balaban J connectivity index is 1.67. The van der Waals surface area contributed by atoms with Gasteiger partial charge in [0.25, 0.3) is 5.91 Å². The van der Waals surface area contributed by atoms with E-state index in [-0.39, 0.29) is 11.9 Å². The van der Waals surface area contributed by atoms with Crippen molar-refractivity contribution in [3.63, 3.8) is 0 Å². The number of ether oxygens (including phenoxy) is 2. The Bertz CT molecular complexity index is 759. The van der Waals surface area contributed by atoms with Crippen LogP contribution in [0.25, 0.3) is 0 Å². The number of rotatable bonds is 7. The van der Waals surface area contributed by atoms with E-state index in [2.05, 4.69) is 5.32 Å². The van der Waals surface area contributed by atoms with Crippen molar-refractivity contribution >= 4 is 11.9 Å². The second-order valence-corrected chi connectivity index (χ2v) is 6.22. The largest absolute Gasteiger partial charge is 0.479 e. The minimum atomic E-state index is -1.04. The molecule has 1 saturated carbocycles. The van der Waals surface area contributed by atoms with Gasteiger partial charge in [-0.15, -0.1) is 0 Å². The van der Waals surface area contributed by atoms with Crippen molar-refractivity contribution in [3.8, 4) is 5.75 Å². The summed E-state index contributed by atoms with van der Waals surface area (Å²) in [6, 6.07) is 14.3. The maximum absolute atomic E-state index is 12.9. The van der Waals surface area contributed by atoms with Crippen molar-refractivity contribution in [1.29, 1.82) is 0 Å². The van der Waals surface area contributed by atoms with Crippen LogP contribution >= 0.6 is 0 Å². The van der Waals surface area contributed by atoms with Gasteiger partial charge >= 0.3 is 5.97 Å². The summed E-state index contributed by atoms with van der Waals surface area (Å²) >= 11 is 0. The monoisotopic (exact) mass is 357 g/mol. The molecule has 0 radical (unpaired) electrons. The molecule has 2 aromatic carbocycles. The highest BCUT2D eigenvalue weighted by atomic mass is 19.1. The molecule has 136 valence electrons. The fourth-order valence-corrected chi connectivity index (χ4v) is 2.38. The van der Waals surface area contributed by atoms with Gasteiger partial charge in [0.15, 0.2) is 6.10 Å². The average Bonchev–Trinajstić information content (AvgIpc) is 3.46. The van der Waals surface area contributed by atoms with Crippen molar-refractivity contribution in [3.05, 3.63) is 66.0 Å². The fourth-order valence-electron chi connectivity index (χ4n) is 2.38. The third-order valence-corrected chi connectivity index (χ3v) is 3.96. The Hall–Kier alpha value is -2.89. The Morgan fingerprint density at radius 2 is 1.73 bits per heavy atom. The van der Waals surface area contributed by atoms with Crippen LogP contribution in [0, 0.1) is 5.82 Å². The molecular formula is C20H20FNO4. The molecule has 1 N–H and O–H groups in total. The topological polar surface area (TPSA) is 64.6 Å². The number of hydrogen-bond acceptors (Lipinski definition) is 4. The molecule has 2 atom stereocenters. The van der Waals surface area contributed by atoms with Gasteiger partial charge in [-0.3, -0.25) is 4.79 Å². The van der Waals surface area contributed by atoms with E-state index in [9.17, 15) is 14.0 Å². The van der Waals surface area contributed by atoms with E-state index in [1.807, 2.05) is 6.07 Å². The third-order valence-electron chi connectivity index (χ3n) is 3.96. The van der Waals surface area contributed by atoms with E-state index < -0.39 is 24.0 Å². The quantitative estimate of drug-likeness (QED) is 0.773. The normalized spacial score (nSPS) is 15.6. The van der Waals surface area contributed by atoms with Gasteiger partial charge in [0.1, 0.15) is 11.6 Å². The minimum absolute atomic E-state index is 0.153. The molecule has 0 aliphatic heterocycles. The molecule has 0 aromatic heterocycles. The predicted octanol–water partition coefficient (Wildman–Crippen LogP) is 3.16. The number of amides is 1. The van der Waals surface area contributed by atoms with Crippen LogP contribution in [0.2, 0.25) is 0 Å². The highest BCUT2D eigenvalue weighted by Gasteiger charge is 2.32. The third kappa shape index (κ3) is 4.81. The van der Waals surface area contributed by atoms with Gasteiger partial charge in [0, 0.05) is 11.6 Å². The lowest BCUT2D eigenvalue weighted by Gasteiger charge is -2.20. The van der Waals surface area contributed by atoms with Gasteiger partial charge in [0.05, 0.1) is 0 Å². The van der Waals surface area contributed by atoms with Gasteiger partial charge in [0.2, 0.25) is 6.10 Å². The fraction of sp³-hybridized carbons (Fsp3) is 0.300. The summed E-state index contributed by atoms with van der Waals surface area (Å²) in [5, 5.41) is 2.85. The number of halogens is 1. The van der Waals surface area contributed by atoms with Crippen molar-refractivity contribution < 1.29 is 23.5 Å². The van der Waals surface area contributed by atoms with Crippen LogP contribution < -0.4 is 10.1 Å². The Kier molecular flexibility index (Phi) is 5.51. The zero-order chi connectivity index (χ0) is 18.5. The van der Waals surface area contributed by atoms with Crippen LogP contribution in [0.4, 0.5) is 4.39 Å². The number of nitrogens with one attached hydrogen (secondary N) is 1. The van der Waals surface area contributed by atoms with Gasteiger partial charge in [-0.1, -0.05) is 30.3 Å². The minimum Gasteiger partial charge on any atom is -0.479 e. The zero-order valence-corrected chi connectivity index (χ0v) is 14.4. The van der Waals surface area contributed by atoms with Crippen molar-refractivity contribution in [2.75, 3.05) is 0 Å². The summed E-state index contributed by atoms with van der Waals surface area (Å²) in [4.78, 5) is 24.9. The van der Waals surface area contributed by atoms with Crippen LogP contribution in [0.3, 0.4) is 0 Å². The Labute approximate surface area is 151 Å². The summed E-state index contributed by atoms with van der Waals surface area (Å²) in [5.74, 6) is -1.07. The molecule has 0 saturated heterocycles. The SMILES string of the molecule is C[C@@H](Oc1ccc(F)cc1)C(=O)O[C@@H](C(=O)NC1CC1)c1ccccc1. The van der Waals surface area contributed by atoms with Gasteiger partial charge in [-0.05, 0) is 44.0 Å². The molecule has 2 aromatic rings. The first-order valence-electron chi connectivity index (χ1n) is 8.51. The second-order valence-electron chi connectivity index (χ2n) is 6.22.